The van der Waals surface area contributed by atoms with Gasteiger partial charge in [-0.2, -0.15) is 0 Å². The molecule has 7 aromatic carbocycles. The SMILES string of the molecule is c1ccc(-c2c3ccccc3c(-c3cccc(-c4cc(-c5ccccc5-c5ccncc5)nc(-c5cncc6ccccc56)n4)c3)c3ccccc23)cc1. The molecule has 0 bridgehead atoms. The lowest BCUT2D eigenvalue weighted by Gasteiger charge is -2.18. The Hall–Kier alpha value is -7.30. The van der Waals surface area contributed by atoms with E-state index in [2.05, 4.69) is 162 Å². The van der Waals surface area contributed by atoms with E-state index in [0.29, 0.717) is 5.82 Å². The Kier molecular flexibility index (Phi) is 7.77. The first-order chi connectivity index (χ1) is 26.8. The van der Waals surface area contributed by atoms with Crippen LogP contribution in [0.1, 0.15) is 0 Å². The van der Waals surface area contributed by atoms with Gasteiger partial charge in [0.25, 0.3) is 0 Å². The quantitative estimate of drug-likeness (QED) is 0.163. The van der Waals surface area contributed by atoms with E-state index in [-0.39, 0.29) is 0 Å². The zero-order valence-corrected chi connectivity index (χ0v) is 29.3. The summed E-state index contributed by atoms with van der Waals surface area (Å²) in [6.07, 6.45) is 7.43. The topological polar surface area (TPSA) is 51.6 Å². The molecule has 0 spiro atoms. The summed E-state index contributed by atoms with van der Waals surface area (Å²) in [6, 6.07) is 60.0. The lowest BCUT2D eigenvalue weighted by Crippen LogP contribution is -1.98. The van der Waals surface area contributed by atoms with E-state index in [1.165, 1.54) is 38.2 Å². The van der Waals surface area contributed by atoms with Crippen LogP contribution in [-0.4, -0.2) is 19.9 Å². The van der Waals surface area contributed by atoms with Gasteiger partial charge in [-0.05, 0) is 84.6 Å². The van der Waals surface area contributed by atoms with Crippen LogP contribution in [0.4, 0.5) is 0 Å². The fourth-order valence-electron chi connectivity index (χ4n) is 7.83. The average molecular weight is 689 g/mol. The predicted molar refractivity (Wildman–Crippen MR) is 223 cm³/mol. The molecule has 0 amide bonds. The van der Waals surface area contributed by atoms with Crippen molar-refractivity contribution >= 4 is 32.3 Å². The molecule has 10 aromatic rings. The number of fused-ring (bicyclic) bond motifs is 3. The van der Waals surface area contributed by atoms with Crippen LogP contribution in [0.2, 0.25) is 0 Å². The van der Waals surface area contributed by atoms with E-state index < -0.39 is 0 Å². The summed E-state index contributed by atoms with van der Waals surface area (Å²) in [6.45, 7) is 0. The molecule has 0 saturated heterocycles. The molecule has 0 aliphatic carbocycles. The van der Waals surface area contributed by atoms with Crippen LogP contribution in [-0.2, 0) is 0 Å². The minimum Gasteiger partial charge on any atom is -0.265 e. The average Bonchev–Trinajstić information content (AvgIpc) is 3.25. The molecule has 4 nitrogen and oxygen atoms in total. The van der Waals surface area contributed by atoms with Gasteiger partial charge in [-0.3, -0.25) is 9.97 Å². The van der Waals surface area contributed by atoms with Gasteiger partial charge in [0.1, 0.15) is 0 Å². The number of aromatic nitrogens is 4. The van der Waals surface area contributed by atoms with Gasteiger partial charge in [0.2, 0.25) is 0 Å². The lowest BCUT2D eigenvalue weighted by atomic mass is 9.85. The fourth-order valence-corrected chi connectivity index (χ4v) is 7.83. The molecule has 3 aromatic heterocycles. The largest absolute Gasteiger partial charge is 0.265 e. The van der Waals surface area contributed by atoms with Gasteiger partial charge in [0.05, 0.1) is 11.4 Å². The lowest BCUT2D eigenvalue weighted by molar-refractivity contribution is 1.18. The van der Waals surface area contributed by atoms with Crippen molar-refractivity contribution in [2.45, 2.75) is 0 Å². The van der Waals surface area contributed by atoms with E-state index in [9.17, 15) is 0 Å². The van der Waals surface area contributed by atoms with Crippen LogP contribution in [0, 0.1) is 0 Å². The molecule has 0 aliphatic heterocycles. The maximum Gasteiger partial charge on any atom is 0.162 e. The molecule has 3 heterocycles. The van der Waals surface area contributed by atoms with Crippen molar-refractivity contribution in [1.82, 2.24) is 19.9 Å². The van der Waals surface area contributed by atoms with E-state index in [1.54, 1.807) is 0 Å². The van der Waals surface area contributed by atoms with Crippen molar-refractivity contribution in [3.8, 4) is 67.3 Å². The van der Waals surface area contributed by atoms with Crippen molar-refractivity contribution in [2.75, 3.05) is 0 Å². The number of hydrogen-bond acceptors (Lipinski definition) is 4. The molecule has 4 heteroatoms. The highest BCUT2D eigenvalue weighted by Crippen LogP contribution is 2.44. The van der Waals surface area contributed by atoms with Gasteiger partial charge in [0.15, 0.2) is 5.82 Å². The summed E-state index contributed by atoms with van der Waals surface area (Å²) in [5.74, 6) is 0.629. The van der Waals surface area contributed by atoms with E-state index in [4.69, 9.17) is 9.97 Å². The van der Waals surface area contributed by atoms with Crippen LogP contribution in [0.3, 0.4) is 0 Å². The Morgan fingerprint density at radius 3 is 1.59 bits per heavy atom. The van der Waals surface area contributed by atoms with Gasteiger partial charge in [-0.25, -0.2) is 9.97 Å². The molecular formula is C50H32N4. The van der Waals surface area contributed by atoms with Crippen LogP contribution < -0.4 is 0 Å². The van der Waals surface area contributed by atoms with E-state index in [1.807, 2.05) is 43.0 Å². The first-order valence-electron chi connectivity index (χ1n) is 18.1. The molecule has 252 valence electrons. The Morgan fingerprint density at radius 1 is 0.315 bits per heavy atom. The summed E-state index contributed by atoms with van der Waals surface area (Å²) in [5, 5.41) is 6.98. The minimum atomic E-state index is 0.629. The van der Waals surface area contributed by atoms with Crippen molar-refractivity contribution in [2.24, 2.45) is 0 Å². The third kappa shape index (κ3) is 5.49. The molecule has 0 aliphatic rings. The zero-order chi connectivity index (χ0) is 35.8. The maximum atomic E-state index is 5.30. The number of benzene rings is 7. The Bertz CT molecular complexity index is 2930. The first-order valence-corrected chi connectivity index (χ1v) is 18.1. The molecule has 10 rings (SSSR count). The number of pyridine rings is 2. The molecule has 0 saturated carbocycles. The maximum absolute atomic E-state index is 5.30. The molecule has 0 N–H and O–H groups in total. The van der Waals surface area contributed by atoms with Gasteiger partial charge in [0, 0.05) is 46.9 Å². The first kappa shape index (κ1) is 31.4. The summed E-state index contributed by atoms with van der Waals surface area (Å²) in [5.41, 5.74) is 11.5. The minimum absolute atomic E-state index is 0.629. The van der Waals surface area contributed by atoms with Gasteiger partial charge < -0.3 is 0 Å². The van der Waals surface area contributed by atoms with Crippen LogP contribution in [0.15, 0.2) is 195 Å². The highest BCUT2D eigenvalue weighted by molar-refractivity contribution is 6.21. The van der Waals surface area contributed by atoms with Crippen LogP contribution in [0.25, 0.3) is 99.6 Å². The standard InChI is InChI=1S/C50H32N4/c1-2-13-34(14-3-1)48-41-21-8-10-23-43(41)49(44-24-11-9-22-42(44)48)36-17-12-16-35(29-36)46-30-47(40-20-7-6-18-38(40)33-25-27-51-28-26-33)54-50(53-46)45-32-52-31-37-15-4-5-19-39(37)45/h1-32H. The third-order valence-corrected chi connectivity index (χ3v) is 10.3. The van der Waals surface area contributed by atoms with Crippen molar-refractivity contribution in [1.29, 1.82) is 0 Å². The molecule has 0 unspecified atom stereocenters. The normalized spacial score (nSPS) is 11.3. The highest BCUT2D eigenvalue weighted by atomic mass is 14.9. The molecular weight excluding hydrogens is 657 g/mol. The molecule has 54 heavy (non-hydrogen) atoms. The Labute approximate surface area is 313 Å². The Morgan fingerprint density at radius 2 is 0.870 bits per heavy atom. The Balaban J connectivity index is 1.21. The summed E-state index contributed by atoms with van der Waals surface area (Å²) < 4.78 is 0. The number of nitrogens with zero attached hydrogens (tertiary/aromatic N) is 4. The molecule has 0 atom stereocenters. The number of rotatable bonds is 6. The third-order valence-electron chi connectivity index (χ3n) is 10.3. The van der Waals surface area contributed by atoms with Gasteiger partial charge in [-0.15, -0.1) is 0 Å². The van der Waals surface area contributed by atoms with Crippen molar-refractivity contribution in [3.63, 3.8) is 0 Å². The summed E-state index contributed by atoms with van der Waals surface area (Å²) in [7, 11) is 0. The molecule has 0 radical (unpaired) electrons. The second-order valence-corrected chi connectivity index (χ2v) is 13.4. The summed E-state index contributed by atoms with van der Waals surface area (Å²) in [4.78, 5) is 19.5. The van der Waals surface area contributed by atoms with Crippen LogP contribution >= 0.6 is 0 Å². The predicted octanol–water partition coefficient (Wildman–Crippen LogP) is 12.7. The monoisotopic (exact) mass is 688 g/mol. The second-order valence-electron chi connectivity index (χ2n) is 13.4. The van der Waals surface area contributed by atoms with E-state index in [0.717, 1.165) is 55.5 Å². The zero-order valence-electron chi connectivity index (χ0n) is 29.3. The van der Waals surface area contributed by atoms with Crippen molar-refractivity contribution < 1.29 is 0 Å². The van der Waals surface area contributed by atoms with Crippen molar-refractivity contribution in [3.05, 3.63) is 195 Å². The van der Waals surface area contributed by atoms with Gasteiger partial charge >= 0.3 is 0 Å². The second kappa shape index (κ2) is 13.4. The van der Waals surface area contributed by atoms with E-state index >= 15 is 0 Å². The smallest absolute Gasteiger partial charge is 0.162 e. The molecule has 0 fully saturated rings. The highest BCUT2D eigenvalue weighted by Gasteiger charge is 2.19. The van der Waals surface area contributed by atoms with Gasteiger partial charge in [-0.1, -0.05) is 146 Å². The fraction of sp³-hybridized carbons (Fsp3) is 0. The number of hydrogen-bond donors (Lipinski definition) is 0. The van der Waals surface area contributed by atoms with Crippen LogP contribution in [0.5, 0.6) is 0 Å². The summed E-state index contributed by atoms with van der Waals surface area (Å²) >= 11 is 0.